The molecule has 1 aromatic rings. The van der Waals surface area contributed by atoms with Crippen LogP contribution in [0.4, 0.5) is 5.82 Å². The van der Waals surface area contributed by atoms with E-state index in [4.69, 9.17) is 0 Å². The highest BCUT2D eigenvalue weighted by atomic mass is 16.2. The fourth-order valence-electron chi connectivity index (χ4n) is 3.92. The van der Waals surface area contributed by atoms with Gasteiger partial charge in [0.1, 0.15) is 12.1 Å². The van der Waals surface area contributed by atoms with Crippen molar-refractivity contribution >= 4 is 11.7 Å². The van der Waals surface area contributed by atoms with Crippen LogP contribution in [0.15, 0.2) is 12.4 Å². The van der Waals surface area contributed by atoms with Gasteiger partial charge in [-0.1, -0.05) is 0 Å². The van der Waals surface area contributed by atoms with Gasteiger partial charge in [-0.15, -0.1) is 0 Å². The molecule has 6 heteroatoms. The molecule has 0 radical (unpaired) electrons. The summed E-state index contributed by atoms with van der Waals surface area (Å²) in [6.07, 6.45) is 5.75. The lowest BCUT2D eigenvalue weighted by Gasteiger charge is -2.39. The Hall–Kier alpha value is -1.69. The number of amides is 1. The van der Waals surface area contributed by atoms with Crippen molar-refractivity contribution in [3.8, 4) is 0 Å². The van der Waals surface area contributed by atoms with E-state index in [-0.39, 0.29) is 0 Å². The molecule has 0 N–H and O–H groups in total. The van der Waals surface area contributed by atoms with Gasteiger partial charge in [0.05, 0.1) is 0 Å². The van der Waals surface area contributed by atoms with Crippen LogP contribution in [-0.2, 0) is 4.79 Å². The Kier molecular flexibility index (Phi) is 5.33. The van der Waals surface area contributed by atoms with Crippen LogP contribution in [-0.4, -0.2) is 72.0 Å². The van der Waals surface area contributed by atoms with Crippen molar-refractivity contribution in [2.75, 3.05) is 45.2 Å². The SMILES string of the molecule is Cc1cc(N(C)C2CCN(CC3CCC(=O)N(C)C3)CC2)ncn1. The quantitative estimate of drug-likeness (QED) is 0.838. The predicted molar refractivity (Wildman–Crippen MR) is 95.0 cm³/mol. The lowest BCUT2D eigenvalue weighted by atomic mass is 9.95. The van der Waals surface area contributed by atoms with Gasteiger partial charge in [-0.05, 0) is 32.1 Å². The fraction of sp³-hybridized carbons (Fsp3) is 0.722. The number of hydrogen-bond donors (Lipinski definition) is 0. The molecule has 3 heterocycles. The number of hydrogen-bond acceptors (Lipinski definition) is 5. The average molecular weight is 331 g/mol. The highest BCUT2D eigenvalue weighted by Gasteiger charge is 2.28. The highest BCUT2D eigenvalue weighted by molar-refractivity contribution is 5.76. The zero-order valence-electron chi connectivity index (χ0n) is 15.1. The lowest BCUT2D eigenvalue weighted by Crippen LogP contribution is -2.47. The number of aromatic nitrogens is 2. The van der Waals surface area contributed by atoms with Crippen molar-refractivity contribution in [1.29, 1.82) is 0 Å². The van der Waals surface area contributed by atoms with Gasteiger partial charge in [0.2, 0.25) is 5.91 Å². The number of likely N-dealkylation sites (tertiary alicyclic amines) is 2. The van der Waals surface area contributed by atoms with Gasteiger partial charge in [-0.2, -0.15) is 0 Å². The minimum Gasteiger partial charge on any atom is -0.356 e. The van der Waals surface area contributed by atoms with Crippen molar-refractivity contribution in [3.05, 3.63) is 18.1 Å². The van der Waals surface area contributed by atoms with Crippen LogP contribution in [0.5, 0.6) is 0 Å². The fourth-order valence-corrected chi connectivity index (χ4v) is 3.92. The van der Waals surface area contributed by atoms with Crippen molar-refractivity contribution < 1.29 is 4.79 Å². The first-order valence-electron chi connectivity index (χ1n) is 9.00. The molecule has 0 saturated carbocycles. The first-order valence-corrected chi connectivity index (χ1v) is 9.00. The summed E-state index contributed by atoms with van der Waals surface area (Å²) in [5, 5.41) is 0. The summed E-state index contributed by atoms with van der Waals surface area (Å²) >= 11 is 0. The summed E-state index contributed by atoms with van der Waals surface area (Å²) in [5.74, 6) is 1.95. The number of aryl methyl sites for hydroxylation is 1. The number of rotatable bonds is 4. The molecule has 1 amide bonds. The van der Waals surface area contributed by atoms with Gasteiger partial charge in [0.25, 0.3) is 0 Å². The van der Waals surface area contributed by atoms with Gasteiger partial charge in [-0.25, -0.2) is 9.97 Å². The number of carbonyl (C=O) groups is 1. The maximum atomic E-state index is 11.6. The Bertz CT molecular complexity index is 570. The second-order valence-electron chi connectivity index (χ2n) is 7.34. The minimum atomic E-state index is 0.298. The Morgan fingerprint density at radius 2 is 2.00 bits per heavy atom. The Labute approximate surface area is 144 Å². The summed E-state index contributed by atoms with van der Waals surface area (Å²) in [7, 11) is 4.07. The third kappa shape index (κ3) is 4.04. The average Bonchev–Trinajstić information content (AvgIpc) is 2.58. The van der Waals surface area contributed by atoms with Crippen molar-refractivity contribution in [2.24, 2.45) is 5.92 Å². The van der Waals surface area contributed by atoms with E-state index in [0.29, 0.717) is 24.3 Å². The molecule has 0 aliphatic carbocycles. The van der Waals surface area contributed by atoms with Crippen LogP contribution in [0.25, 0.3) is 0 Å². The maximum Gasteiger partial charge on any atom is 0.222 e. The second kappa shape index (κ2) is 7.47. The molecule has 1 aromatic heterocycles. The molecule has 0 bridgehead atoms. The van der Waals surface area contributed by atoms with Crippen molar-refractivity contribution in [1.82, 2.24) is 19.8 Å². The van der Waals surface area contributed by atoms with E-state index >= 15 is 0 Å². The molecule has 132 valence electrons. The molecule has 1 unspecified atom stereocenters. The number of piperidine rings is 2. The molecule has 2 aliphatic heterocycles. The van der Waals surface area contributed by atoms with Gasteiger partial charge in [0, 0.05) is 64.5 Å². The topological polar surface area (TPSA) is 52.6 Å². The van der Waals surface area contributed by atoms with Gasteiger partial charge in [0.15, 0.2) is 0 Å². The zero-order valence-corrected chi connectivity index (χ0v) is 15.1. The summed E-state index contributed by atoms with van der Waals surface area (Å²) in [6.45, 7) is 6.31. The molecule has 0 aromatic carbocycles. The Morgan fingerprint density at radius 1 is 1.25 bits per heavy atom. The maximum absolute atomic E-state index is 11.6. The van der Waals surface area contributed by atoms with Crippen LogP contribution in [0.3, 0.4) is 0 Å². The Balaban J connectivity index is 1.48. The standard InChI is InChI=1S/C18H29N5O/c1-14-10-17(20-13-19-14)22(3)16-6-8-23(9-7-16)12-15-4-5-18(24)21(2)11-15/h10,13,15-16H,4-9,11-12H2,1-3H3. The largest absolute Gasteiger partial charge is 0.356 e. The number of anilines is 1. The third-order valence-corrected chi connectivity index (χ3v) is 5.50. The molecular weight excluding hydrogens is 302 g/mol. The van der Waals surface area contributed by atoms with Crippen molar-refractivity contribution in [2.45, 2.75) is 38.6 Å². The molecule has 24 heavy (non-hydrogen) atoms. The van der Waals surface area contributed by atoms with E-state index in [2.05, 4.69) is 32.9 Å². The smallest absolute Gasteiger partial charge is 0.222 e. The highest BCUT2D eigenvalue weighted by Crippen LogP contribution is 2.23. The molecule has 0 spiro atoms. The lowest BCUT2D eigenvalue weighted by molar-refractivity contribution is -0.133. The summed E-state index contributed by atoms with van der Waals surface area (Å²) in [4.78, 5) is 27.0. The molecule has 1 atom stereocenters. The number of nitrogens with zero attached hydrogens (tertiary/aromatic N) is 5. The monoisotopic (exact) mass is 331 g/mol. The number of carbonyl (C=O) groups excluding carboxylic acids is 1. The first kappa shape index (κ1) is 17.1. The predicted octanol–water partition coefficient (Wildman–Crippen LogP) is 1.55. The normalized spacial score (nSPS) is 23.5. The van der Waals surface area contributed by atoms with Crippen LogP contribution in [0.2, 0.25) is 0 Å². The van der Waals surface area contributed by atoms with Gasteiger partial charge < -0.3 is 14.7 Å². The van der Waals surface area contributed by atoms with Crippen LogP contribution in [0, 0.1) is 12.8 Å². The van der Waals surface area contributed by atoms with E-state index in [0.717, 1.165) is 44.1 Å². The first-order chi connectivity index (χ1) is 11.5. The van der Waals surface area contributed by atoms with E-state index in [9.17, 15) is 4.79 Å². The molecule has 6 nitrogen and oxygen atoms in total. The van der Waals surface area contributed by atoms with E-state index in [1.54, 1.807) is 6.33 Å². The minimum absolute atomic E-state index is 0.298. The zero-order chi connectivity index (χ0) is 17.1. The van der Waals surface area contributed by atoms with Crippen molar-refractivity contribution in [3.63, 3.8) is 0 Å². The van der Waals surface area contributed by atoms with E-state index < -0.39 is 0 Å². The van der Waals surface area contributed by atoms with Crippen LogP contribution in [0.1, 0.15) is 31.4 Å². The van der Waals surface area contributed by atoms with Gasteiger partial charge in [-0.3, -0.25) is 4.79 Å². The summed E-state index contributed by atoms with van der Waals surface area (Å²) in [6, 6.07) is 2.60. The third-order valence-electron chi connectivity index (χ3n) is 5.50. The Morgan fingerprint density at radius 3 is 2.67 bits per heavy atom. The molecule has 3 rings (SSSR count). The van der Waals surface area contributed by atoms with E-state index in [1.807, 2.05) is 18.9 Å². The second-order valence-corrected chi connectivity index (χ2v) is 7.34. The summed E-state index contributed by atoms with van der Waals surface area (Å²) < 4.78 is 0. The van der Waals surface area contributed by atoms with E-state index in [1.165, 1.54) is 12.8 Å². The summed E-state index contributed by atoms with van der Waals surface area (Å²) in [5.41, 5.74) is 1.01. The molecule has 2 saturated heterocycles. The molecular formula is C18H29N5O. The van der Waals surface area contributed by atoms with Crippen LogP contribution < -0.4 is 4.90 Å². The van der Waals surface area contributed by atoms with Crippen LogP contribution >= 0.6 is 0 Å². The molecule has 2 fully saturated rings. The molecule has 2 aliphatic rings. The van der Waals surface area contributed by atoms with Gasteiger partial charge >= 0.3 is 0 Å².